The predicted octanol–water partition coefficient (Wildman–Crippen LogP) is 2.70. The molecule has 0 aliphatic heterocycles. The summed E-state index contributed by atoms with van der Waals surface area (Å²) in [4.78, 5) is 10.5. The molecule has 0 aliphatic rings. The van der Waals surface area contributed by atoms with E-state index >= 15 is 0 Å². The van der Waals surface area contributed by atoms with Crippen molar-refractivity contribution in [3.05, 3.63) is 41.5 Å². The van der Waals surface area contributed by atoms with Crippen LogP contribution in [0.1, 0.15) is 22.8 Å². The number of aromatic carboxylic acids is 1. The number of halogens is 2. The molecule has 1 aromatic rings. The number of benzene rings is 1. The fourth-order valence-corrected chi connectivity index (χ4v) is 1.04. The van der Waals surface area contributed by atoms with E-state index in [1.165, 1.54) is 6.92 Å². The first-order valence-corrected chi connectivity index (χ1v) is 3.81. The molecular formula is C10H8F2O2. The van der Waals surface area contributed by atoms with Gasteiger partial charge in [0.05, 0.1) is 5.56 Å². The zero-order valence-corrected chi connectivity index (χ0v) is 7.47. The molecule has 0 saturated carbocycles. The third kappa shape index (κ3) is 1.79. The first kappa shape index (κ1) is 10.4. The second-order valence-corrected chi connectivity index (χ2v) is 2.90. The molecule has 2 nitrogen and oxygen atoms in total. The summed E-state index contributed by atoms with van der Waals surface area (Å²) in [5.41, 5.74) is -0.182. The van der Waals surface area contributed by atoms with Crippen molar-refractivity contribution >= 4 is 11.5 Å². The van der Waals surface area contributed by atoms with Crippen molar-refractivity contribution in [1.29, 1.82) is 0 Å². The Labute approximate surface area is 79.5 Å². The lowest BCUT2D eigenvalue weighted by molar-refractivity contribution is 0.0692. The third-order valence-corrected chi connectivity index (χ3v) is 1.75. The van der Waals surface area contributed by atoms with Crippen LogP contribution >= 0.6 is 0 Å². The minimum Gasteiger partial charge on any atom is -0.478 e. The van der Waals surface area contributed by atoms with Gasteiger partial charge in [-0.3, -0.25) is 0 Å². The van der Waals surface area contributed by atoms with Gasteiger partial charge in [0.2, 0.25) is 0 Å². The summed E-state index contributed by atoms with van der Waals surface area (Å²) in [5, 5.41) is 8.57. The molecule has 0 atom stereocenters. The molecule has 0 saturated heterocycles. The summed E-state index contributed by atoms with van der Waals surface area (Å²) in [6.45, 7) is 4.98. The van der Waals surface area contributed by atoms with Crippen molar-refractivity contribution < 1.29 is 18.7 Å². The maximum atomic E-state index is 13.1. The standard InChI is InChI=1S/C10H8F2O2/c1-5(2)6-3-7(10(13)14)9(12)4-8(6)11/h3-4H,1H2,2H3,(H,13,14). The topological polar surface area (TPSA) is 37.3 Å². The van der Waals surface area contributed by atoms with Crippen LogP contribution in [0.15, 0.2) is 18.7 Å². The Morgan fingerprint density at radius 2 is 1.79 bits per heavy atom. The van der Waals surface area contributed by atoms with Gasteiger partial charge in [0.1, 0.15) is 11.6 Å². The highest BCUT2D eigenvalue weighted by atomic mass is 19.1. The largest absolute Gasteiger partial charge is 0.478 e. The Bertz CT molecular complexity index is 376. The molecule has 0 bridgehead atoms. The summed E-state index contributed by atoms with van der Waals surface area (Å²) >= 11 is 0. The van der Waals surface area contributed by atoms with Gasteiger partial charge in [0, 0.05) is 11.6 Å². The van der Waals surface area contributed by atoms with E-state index in [9.17, 15) is 13.6 Å². The fourth-order valence-electron chi connectivity index (χ4n) is 1.04. The van der Waals surface area contributed by atoms with E-state index in [1.54, 1.807) is 0 Å². The Morgan fingerprint density at radius 3 is 2.21 bits per heavy atom. The van der Waals surface area contributed by atoms with Crippen LogP contribution in [0.5, 0.6) is 0 Å². The lowest BCUT2D eigenvalue weighted by Gasteiger charge is -2.04. The molecule has 0 radical (unpaired) electrons. The minimum absolute atomic E-state index is 0.0174. The van der Waals surface area contributed by atoms with E-state index in [4.69, 9.17) is 5.11 Å². The Kier molecular flexibility index (Phi) is 2.65. The van der Waals surface area contributed by atoms with E-state index in [2.05, 4.69) is 6.58 Å². The molecule has 0 heterocycles. The lowest BCUT2D eigenvalue weighted by Crippen LogP contribution is -2.03. The van der Waals surface area contributed by atoms with Gasteiger partial charge in [-0.1, -0.05) is 6.58 Å². The molecule has 0 amide bonds. The van der Waals surface area contributed by atoms with Crippen LogP contribution in [-0.4, -0.2) is 11.1 Å². The quantitative estimate of drug-likeness (QED) is 0.793. The van der Waals surface area contributed by atoms with Crippen LogP contribution in [0.25, 0.3) is 5.57 Å². The molecule has 0 unspecified atom stereocenters. The van der Waals surface area contributed by atoms with E-state index in [0.717, 1.165) is 6.07 Å². The maximum Gasteiger partial charge on any atom is 0.338 e. The minimum atomic E-state index is -1.43. The fraction of sp³-hybridized carbons (Fsp3) is 0.100. The first-order chi connectivity index (χ1) is 6.43. The summed E-state index contributed by atoms with van der Waals surface area (Å²) in [7, 11) is 0. The average Bonchev–Trinajstić information content (AvgIpc) is 2.02. The Hall–Kier alpha value is -1.71. The monoisotopic (exact) mass is 198 g/mol. The molecule has 0 spiro atoms. The molecule has 0 fully saturated rings. The van der Waals surface area contributed by atoms with Gasteiger partial charge in [-0.05, 0) is 18.6 Å². The average molecular weight is 198 g/mol. The highest BCUT2D eigenvalue weighted by Crippen LogP contribution is 2.20. The van der Waals surface area contributed by atoms with Crippen LogP contribution in [0.2, 0.25) is 0 Å². The summed E-state index contributed by atoms with van der Waals surface area (Å²) < 4.78 is 25.9. The van der Waals surface area contributed by atoms with Crippen LogP contribution in [-0.2, 0) is 0 Å². The lowest BCUT2D eigenvalue weighted by atomic mass is 10.0. The molecule has 1 N–H and O–H groups in total. The second kappa shape index (κ2) is 3.57. The van der Waals surface area contributed by atoms with Gasteiger partial charge in [-0.15, -0.1) is 0 Å². The Balaban J connectivity index is 3.42. The molecule has 4 heteroatoms. The highest BCUT2D eigenvalue weighted by molar-refractivity contribution is 5.89. The summed E-state index contributed by atoms with van der Waals surface area (Å²) in [6, 6.07) is 1.49. The van der Waals surface area contributed by atoms with Crippen molar-refractivity contribution in [1.82, 2.24) is 0 Å². The van der Waals surface area contributed by atoms with Gasteiger partial charge < -0.3 is 5.11 Å². The zero-order chi connectivity index (χ0) is 10.9. The van der Waals surface area contributed by atoms with E-state index in [-0.39, 0.29) is 5.56 Å². The summed E-state index contributed by atoms with van der Waals surface area (Å²) in [6.07, 6.45) is 0. The van der Waals surface area contributed by atoms with Crippen molar-refractivity contribution in [2.75, 3.05) is 0 Å². The maximum absolute atomic E-state index is 13.1. The summed E-state index contributed by atoms with van der Waals surface area (Å²) in [5.74, 6) is -3.31. The smallest absolute Gasteiger partial charge is 0.338 e. The SMILES string of the molecule is C=C(C)c1cc(C(=O)O)c(F)cc1F. The number of rotatable bonds is 2. The molecule has 1 rings (SSSR count). The molecule has 1 aromatic carbocycles. The van der Waals surface area contributed by atoms with Gasteiger partial charge in [0.15, 0.2) is 0 Å². The van der Waals surface area contributed by atoms with Crippen molar-refractivity contribution in [3.63, 3.8) is 0 Å². The third-order valence-electron chi connectivity index (χ3n) is 1.75. The van der Waals surface area contributed by atoms with Crippen LogP contribution < -0.4 is 0 Å². The van der Waals surface area contributed by atoms with Gasteiger partial charge in [-0.2, -0.15) is 0 Å². The zero-order valence-electron chi connectivity index (χ0n) is 7.47. The molecule has 14 heavy (non-hydrogen) atoms. The Morgan fingerprint density at radius 1 is 1.29 bits per heavy atom. The molecular weight excluding hydrogens is 190 g/mol. The molecule has 74 valence electrons. The molecule has 0 aromatic heterocycles. The van der Waals surface area contributed by atoms with Crippen molar-refractivity contribution in [2.24, 2.45) is 0 Å². The van der Waals surface area contributed by atoms with Gasteiger partial charge in [-0.25, -0.2) is 13.6 Å². The number of carbonyl (C=O) groups is 1. The normalized spacial score (nSPS) is 9.93. The second-order valence-electron chi connectivity index (χ2n) is 2.90. The van der Waals surface area contributed by atoms with E-state index in [0.29, 0.717) is 11.6 Å². The van der Waals surface area contributed by atoms with Gasteiger partial charge in [0.25, 0.3) is 0 Å². The van der Waals surface area contributed by atoms with Crippen LogP contribution in [0.3, 0.4) is 0 Å². The van der Waals surface area contributed by atoms with E-state index < -0.39 is 23.2 Å². The van der Waals surface area contributed by atoms with E-state index in [1.807, 2.05) is 0 Å². The van der Waals surface area contributed by atoms with Crippen molar-refractivity contribution in [2.45, 2.75) is 6.92 Å². The molecule has 0 aliphatic carbocycles. The van der Waals surface area contributed by atoms with Gasteiger partial charge >= 0.3 is 5.97 Å². The first-order valence-electron chi connectivity index (χ1n) is 3.81. The number of hydrogen-bond acceptors (Lipinski definition) is 1. The highest BCUT2D eigenvalue weighted by Gasteiger charge is 2.15. The number of allylic oxidation sites excluding steroid dienone is 1. The van der Waals surface area contributed by atoms with Crippen LogP contribution in [0, 0.1) is 11.6 Å². The van der Waals surface area contributed by atoms with Crippen LogP contribution in [0.4, 0.5) is 8.78 Å². The van der Waals surface area contributed by atoms with Crippen molar-refractivity contribution in [3.8, 4) is 0 Å². The number of hydrogen-bond donors (Lipinski definition) is 1. The number of carboxylic acid groups (broad SMARTS) is 1. The predicted molar refractivity (Wildman–Crippen MR) is 48.0 cm³/mol. The number of carboxylic acids is 1.